The maximum atomic E-state index is 13.2. The van der Waals surface area contributed by atoms with Crippen molar-refractivity contribution in [2.45, 2.75) is 56.0 Å². The van der Waals surface area contributed by atoms with Crippen molar-refractivity contribution in [3.05, 3.63) is 65.7 Å². The molecule has 2 aromatic carbocycles. The van der Waals surface area contributed by atoms with E-state index in [4.69, 9.17) is 0 Å². The number of sulfonamides is 1. The van der Waals surface area contributed by atoms with E-state index in [0.29, 0.717) is 18.5 Å². The fourth-order valence-electron chi connectivity index (χ4n) is 4.54. The van der Waals surface area contributed by atoms with Crippen molar-refractivity contribution in [1.82, 2.24) is 14.9 Å². The van der Waals surface area contributed by atoms with Crippen LogP contribution >= 0.6 is 0 Å². The molecule has 2 aliphatic rings. The van der Waals surface area contributed by atoms with E-state index in [9.17, 15) is 13.2 Å². The number of rotatable bonds is 9. The molecule has 0 saturated carbocycles. The fraction of sp³-hybridized carbons (Fsp3) is 0.440. The Morgan fingerprint density at radius 2 is 1.79 bits per heavy atom. The summed E-state index contributed by atoms with van der Waals surface area (Å²) in [6, 6.07) is 16.5. The lowest BCUT2D eigenvalue weighted by Gasteiger charge is -2.28. The molecule has 8 heteroatoms. The third-order valence-electron chi connectivity index (χ3n) is 6.32. The van der Waals surface area contributed by atoms with Crippen molar-refractivity contribution in [1.29, 1.82) is 0 Å². The number of amides is 1. The van der Waals surface area contributed by atoms with Gasteiger partial charge in [0, 0.05) is 12.1 Å². The van der Waals surface area contributed by atoms with Crippen molar-refractivity contribution in [2.24, 2.45) is 4.99 Å². The zero-order chi connectivity index (χ0) is 23.3. The molecule has 0 bridgehead atoms. The maximum Gasteiger partial charge on any atom is 0.263 e. The summed E-state index contributed by atoms with van der Waals surface area (Å²) < 4.78 is 27.4. The van der Waals surface area contributed by atoms with Crippen LogP contribution in [0.2, 0.25) is 0 Å². The summed E-state index contributed by atoms with van der Waals surface area (Å²) in [5.74, 6) is 0.0839. The van der Waals surface area contributed by atoms with Gasteiger partial charge in [-0.05, 0) is 50.0 Å². The highest BCUT2D eigenvalue weighted by Crippen LogP contribution is 2.25. The molecular formula is C25H32N4O3S. The van der Waals surface area contributed by atoms with E-state index in [1.54, 1.807) is 24.3 Å². The molecule has 2 unspecified atom stereocenters. The van der Waals surface area contributed by atoms with Crippen molar-refractivity contribution in [3.8, 4) is 0 Å². The summed E-state index contributed by atoms with van der Waals surface area (Å²) in [6.45, 7) is 4.61. The molecule has 2 atom stereocenters. The van der Waals surface area contributed by atoms with Gasteiger partial charge >= 0.3 is 0 Å². The molecule has 1 fully saturated rings. The molecule has 7 nitrogen and oxygen atoms in total. The van der Waals surface area contributed by atoms with Crippen LogP contribution in [0.1, 0.15) is 56.2 Å². The number of hydrogen-bond donors (Lipinski definition) is 2. The molecule has 2 aromatic rings. The fourth-order valence-corrected chi connectivity index (χ4v) is 5.78. The Bertz CT molecular complexity index is 1100. The van der Waals surface area contributed by atoms with E-state index in [-0.39, 0.29) is 22.7 Å². The van der Waals surface area contributed by atoms with E-state index in [0.717, 1.165) is 25.9 Å². The summed E-state index contributed by atoms with van der Waals surface area (Å²) in [7, 11) is -3.64. The van der Waals surface area contributed by atoms with Gasteiger partial charge in [0.15, 0.2) is 0 Å². The highest BCUT2D eigenvalue weighted by molar-refractivity contribution is 7.90. The van der Waals surface area contributed by atoms with E-state index in [2.05, 4.69) is 39.0 Å². The lowest BCUT2D eigenvalue weighted by molar-refractivity contribution is -0.122. The molecule has 1 amide bonds. The zero-order valence-electron chi connectivity index (χ0n) is 19.0. The molecule has 1 saturated heterocycles. The van der Waals surface area contributed by atoms with Gasteiger partial charge in [-0.25, -0.2) is 8.42 Å². The second-order valence-electron chi connectivity index (χ2n) is 8.65. The minimum atomic E-state index is -3.64. The molecule has 2 N–H and O–H groups in total. The van der Waals surface area contributed by atoms with Crippen molar-refractivity contribution >= 4 is 21.8 Å². The normalized spacial score (nSPS) is 20.2. The largest absolute Gasteiger partial charge is 0.352 e. The number of aliphatic imine (C=N–C) groups is 1. The SMILES string of the molecule is CCCCC(N=C1NS(=O)(=O)c2ccccc21)C(=O)NCC(c1ccccc1)N1CCCC1. The van der Waals surface area contributed by atoms with E-state index >= 15 is 0 Å². The molecule has 0 spiro atoms. The lowest BCUT2D eigenvalue weighted by Crippen LogP contribution is -2.41. The number of nitrogens with one attached hydrogen (secondary N) is 2. The molecule has 33 heavy (non-hydrogen) atoms. The minimum Gasteiger partial charge on any atom is -0.352 e. The molecule has 0 radical (unpaired) electrons. The van der Waals surface area contributed by atoms with Gasteiger partial charge in [0.25, 0.3) is 10.0 Å². The molecule has 176 valence electrons. The van der Waals surface area contributed by atoms with Crippen LogP contribution < -0.4 is 10.0 Å². The number of hydrogen-bond acceptors (Lipinski definition) is 5. The summed E-state index contributed by atoms with van der Waals surface area (Å²) >= 11 is 0. The predicted molar refractivity (Wildman–Crippen MR) is 130 cm³/mol. The zero-order valence-corrected chi connectivity index (χ0v) is 19.9. The van der Waals surface area contributed by atoms with Crippen LogP contribution in [0, 0.1) is 0 Å². The molecule has 2 aliphatic heterocycles. The number of benzene rings is 2. The van der Waals surface area contributed by atoms with Crippen LogP contribution in [0.25, 0.3) is 0 Å². The minimum absolute atomic E-state index is 0.114. The summed E-state index contributed by atoms with van der Waals surface area (Å²) in [5, 5.41) is 3.12. The average molecular weight is 469 g/mol. The van der Waals surface area contributed by atoms with Gasteiger partial charge in [-0.3, -0.25) is 19.4 Å². The second-order valence-corrected chi connectivity index (χ2v) is 10.3. The first-order valence-electron chi connectivity index (χ1n) is 11.8. The Hall–Kier alpha value is -2.71. The van der Waals surface area contributed by atoms with Crippen molar-refractivity contribution < 1.29 is 13.2 Å². The Balaban J connectivity index is 1.53. The topological polar surface area (TPSA) is 90.9 Å². The molecule has 2 heterocycles. The highest BCUT2D eigenvalue weighted by Gasteiger charge is 2.32. The standard InChI is InChI=1S/C25H32N4O3S/c1-2-3-14-21(27-24-20-13-7-8-15-23(20)33(31,32)28-24)25(30)26-18-22(29-16-9-10-17-29)19-11-5-4-6-12-19/h4-8,11-13,15,21-22H,2-3,9-10,14,16-18H2,1H3,(H,26,30)(H,27,28). The van der Waals surface area contributed by atoms with Gasteiger partial charge in [-0.15, -0.1) is 0 Å². The van der Waals surface area contributed by atoms with Gasteiger partial charge in [0.05, 0.1) is 10.9 Å². The van der Waals surface area contributed by atoms with Crippen LogP contribution in [-0.4, -0.2) is 50.7 Å². The first-order chi connectivity index (χ1) is 16.0. The summed E-state index contributed by atoms with van der Waals surface area (Å²) in [6.07, 6.45) is 4.66. The van der Waals surface area contributed by atoms with Crippen LogP contribution in [0.15, 0.2) is 64.5 Å². The van der Waals surface area contributed by atoms with Crippen LogP contribution in [0.4, 0.5) is 0 Å². The number of carbonyl (C=O) groups is 1. The van der Waals surface area contributed by atoms with E-state index < -0.39 is 16.1 Å². The van der Waals surface area contributed by atoms with Crippen molar-refractivity contribution in [2.75, 3.05) is 19.6 Å². The first kappa shape index (κ1) is 23.4. The lowest BCUT2D eigenvalue weighted by atomic mass is 10.0. The number of amidine groups is 1. The number of likely N-dealkylation sites (tertiary alicyclic amines) is 1. The highest BCUT2D eigenvalue weighted by atomic mass is 32.2. The number of carbonyl (C=O) groups excluding carboxylic acids is 1. The van der Waals surface area contributed by atoms with Crippen LogP contribution in [0.5, 0.6) is 0 Å². The van der Waals surface area contributed by atoms with E-state index in [1.807, 2.05) is 18.2 Å². The van der Waals surface area contributed by atoms with Gasteiger partial charge in [0.2, 0.25) is 5.91 Å². The van der Waals surface area contributed by atoms with Crippen LogP contribution in [0.3, 0.4) is 0 Å². The molecule has 0 aromatic heterocycles. The van der Waals surface area contributed by atoms with Gasteiger partial charge in [0.1, 0.15) is 11.9 Å². The van der Waals surface area contributed by atoms with Gasteiger partial charge in [-0.2, -0.15) is 0 Å². The second kappa shape index (κ2) is 10.5. The Morgan fingerprint density at radius 3 is 2.52 bits per heavy atom. The Kier molecular flexibility index (Phi) is 7.45. The molecule has 4 rings (SSSR count). The summed E-state index contributed by atoms with van der Waals surface area (Å²) in [5.41, 5.74) is 1.71. The third kappa shape index (κ3) is 5.45. The smallest absolute Gasteiger partial charge is 0.263 e. The maximum absolute atomic E-state index is 13.2. The van der Waals surface area contributed by atoms with E-state index in [1.165, 1.54) is 18.4 Å². The Morgan fingerprint density at radius 1 is 1.09 bits per heavy atom. The molecule has 0 aliphatic carbocycles. The first-order valence-corrected chi connectivity index (χ1v) is 13.2. The number of fused-ring (bicyclic) bond motifs is 1. The quantitative estimate of drug-likeness (QED) is 0.591. The van der Waals surface area contributed by atoms with Gasteiger partial charge < -0.3 is 5.32 Å². The van der Waals surface area contributed by atoms with Crippen LogP contribution in [-0.2, 0) is 14.8 Å². The number of nitrogens with zero attached hydrogens (tertiary/aromatic N) is 2. The summed E-state index contributed by atoms with van der Waals surface area (Å²) in [4.78, 5) is 20.5. The Labute approximate surface area is 196 Å². The predicted octanol–water partition coefficient (Wildman–Crippen LogP) is 3.24. The monoisotopic (exact) mass is 468 g/mol. The third-order valence-corrected chi connectivity index (χ3v) is 7.71. The average Bonchev–Trinajstić information content (AvgIpc) is 3.44. The molecular weight excluding hydrogens is 436 g/mol. The van der Waals surface area contributed by atoms with Gasteiger partial charge in [-0.1, -0.05) is 62.2 Å². The van der Waals surface area contributed by atoms with Crippen molar-refractivity contribution in [3.63, 3.8) is 0 Å². The number of unbranched alkanes of at least 4 members (excludes halogenated alkanes) is 1.